The van der Waals surface area contributed by atoms with E-state index in [2.05, 4.69) is 25.1 Å². The van der Waals surface area contributed by atoms with E-state index in [9.17, 15) is 5.26 Å². The highest BCUT2D eigenvalue weighted by molar-refractivity contribution is 5.40. The predicted molar refractivity (Wildman–Crippen MR) is 80.7 cm³/mol. The average molecular weight is 265 g/mol. The summed E-state index contributed by atoms with van der Waals surface area (Å²) in [6, 6.07) is 20.5. The Morgan fingerprint density at radius 2 is 1.85 bits per heavy atom. The molecule has 0 fully saturated rings. The number of hydrogen-bond donors (Lipinski definition) is 0. The number of methoxy groups -OCH3 is 1. The predicted octanol–water partition coefficient (Wildman–Crippen LogP) is 4.11. The van der Waals surface area contributed by atoms with E-state index < -0.39 is 5.41 Å². The van der Waals surface area contributed by atoms with Crippen LogP contribution in [0.4, 0.5) is 0 Å². The van der Waals surface area contributed by atoms with Gasteiger partial charge in [0, 0.05) is 0 Å². The number of rotatable bonds is 5. The molecule has 0 N–H and O–H groups in total. The highest BCUT2D eigenvalue weighted by Crippen LogP contribution is 2.33. The molecule has 0 heterocycles. The van der Waals surface area contributed by atoms with E-state index in [0.717, 1.165) is 17.7 Å². The summed E-state index contributed by atoms with van der Waals surface area (Å²) < 4.78 is 5.28. The third-order valence-corrected chi connectivity index (χ3v) is 3.79. The molecule has 0 amide bonds. The lowest BCUT2D eigenvalue weighted by Gasteiger charge is -2.26. The molecule has 0 aromatic heterocycles. The Kier molecular flexibility index (Phi) is 4.42. The highest BCUT2D eigenvalue weighted by Gasteiger charge is 2.31. The van der Waals surface area contributed by atoms with Crippen molar-refractivity contribution in [3.8, 4) is 11.8 Å². The summed E-state index contributed by atoms with van der Waals surface area (Å²) in [5.74, 6) is 0.795. The van der Waals surface area contributed by atoms with Gasteiger partial charge in [-0.15, -0.1) is 0 Å². The molecule has 2 heteroatoms. The van der Waals surface area contributed by atoms with Crippen molar-refractivity contribution in [2.45, 2.75) is 25.2 Å². The minimum atomic E-state index is -0.504. The van der Waals surface area contributed by atoms with E-state index in [4.69, 9.17) is 4.74 Å². The van der Waals surface area contributed by atoms with Gasteiger partial charge < -0.3 is 4.74 Å². The monoisotopic (exact) mass is 265 g/mol. The smallest absolute Gasteiger partial charge is 0.119 e. The molecule has 0 saturated carbocycles. The van der Waals surface area contributed by atoms with Crippen LogP contribution >= 0.6 is 0 Å². The molecule has 20 heavy (non-hydrogen) atoms. The molecule has 0 aliphatic carbocycles. The molecule has 1 atom stereocenters. The van der Waals surface area contributed by atoms with Crippen LogP contribution in [0.1, 0.15) is 24.5 Å². The lowest BCUT2D eigenvalue weighted by atomic mass is 9.75. The van der Waals surface area contributed by atoms with E-state index in [1.165, 1.54) is 5.56 Å². The number of ether oxygens (including phenoxy) is 1. The molecule has 1 unspecified atom stereocenters. The fourth-order valence-corrected chi connectivity index (χ4v) is 2.48. The first-order valence-corrected chi connectivity index (χ1v) is 6.84. The second kappa shape index (κ2) is 6.25. The molecular weight excluding hydrogens is 246 g/mol. The van der Waals surface area contributed by atoms with Crippen LogP contribution in [0.5, 0.6) is 5.75 Å². The summed E-state index contributed by atoms with van der Waals surface area (Å²) >= 11 is 0. The Balaban J connectivity index is 2.41. The van der Waals surface area contributed by atoms with Crippen molar-refractivity contribution in [3.63, 3.8) is 0 Å². The molecule has 2 aromatic rings. The second-order valence-corrected chi connectivity index (χ2v) is 4.94. The van der Waals surface area contributed by atoms with Crippen molar-refractivity contribution in [2.24, 2.45) is 0 Å². The molecule has 2 nitrogen and oxygen atoms in total. The third-order valence-electron chi connectivity index (χ3n) is 3.79. The zero-order valence-corrected chi connectivity index (χ0v) is 12.0. The quantitative estimate of drug-likeness (QED) is 0.815. The molecule has 0 aliphatic rings. The minimum Gasteiger partial charge on any atom is -0.497 e. The molecule has 0 radical (unpaired) electrons. The maximum Gasteiger partial charge on any atom is 0.119 e. The van der Waals surface area contributed by atoms with Crippen LogP contribution in [0.15, 0.2) is 54.6 Å². The van der Waals surface area contributed by atoms with Crippen LogP contribution in [0, 0.1) is 11.3 Å². The van der Waals surface area contributed by atoms with Crippen molar-refractivity contribution >= 4 is 0 Å². The van der Waals surface area contributed by atoms with Gasteiger partial charge in [-0.3, -0.25) is 0 Å². The zero-order chi connectivity index (χ0) is 14.4. The van der Waals surface area contributed by atoms with Gasteiger partial charge in [-0.25, -0.2) is 0 Å². The van der Waals surface area contributed by atoms with E-state index in [0.29, 0.717) is 6.42 Å². The second-order valence-electron chi connectivity index (χ2n) is 4.94. The number of nitrogens with zero attached hydrogens (tertiary/aromatic N) is 1. The van der Waals surface area contributed by atoms with Crippen molar-refractivity contribution in [1.82, 2.24) is 0 Å². The van der Waals surface area contributed by atoms with E-state index >= 15 is 0 Å². The number of nitriles is 1. The summed E-state index contributed by atoms with van der Waals surface area (Å²) in [6.07, 6.45) is 1.49. The van der Waals surface area contributed by atoms with Crippen LogP contribution in [-0.2, 0) is 11.8 Å². The van der Waals surface area contributed by atoms with Gasteiger partial charge in [0.05, 0.1) is 18.6 Å². The molecule has 0 aliphatic heterocycles. The first-order chi connectivity index (χ1) is 9.74. The zero-order valence-electron chi connectivity index (χ0n) is 12.0. The van der Waals surface area contributed by atoms with E-state index in [1.54, 1.807) is 7.11 Å². The SMILES string of the molecule is CCC(C#N)(Cc1ccccc1)c1cccc(OC)c1. The Labute approximate surface area is 120 Å². The summed E-state index contributed by atoms with van der Waals surface area (Å²) in [7, 11) is 1.65. The van der Waals surface area contributed by atoms with Crippen molar-refractivity contribution < 1.29 is 4.74 Å². The first kappa shape index (κ1) is 14.1. The lowest BCUT2D eigenvalue weighted by Crippen LogP contribution is -2.26. The fourth-order valence-electron chi connectivity index (χ4n) is 2.48. The van der Waals surface area contributed by atoms with Crippen LogP contribution in [-0.4, -0.2) is 7.11 Å². The van der Waals surface area contributed by atoms with Crippen molar-refractivity contribution in [1.29, 1.82) is 5.26 Å². The standard InChI is InChI=1S/C18H19NO/c1-3-18(14-19,13-15-8-5-4-6-9-15)16-10-7-11-17(12-16)20-2/h4-12H,3,13H2,1-2H3. The number of benzene rings is 2. The summed E-state index contributed by atoms with van der Waals surface area (Å²) in [5.41, 5.74) is 1.69. The minimum absolute atomic E-state index is 0.504. The third kappa shape index (κ3) is 2.83. The largest absolute Gasteiger partial charge is 0.497 e. The molecule has 102 valence electrons. The fraction of sp³-hybridized carbons (Fsp3) is 0.278. The summed E-state index contributed by atoms with van der Waals surface area (Å²) in [5, 5.41) is 9.76. The summed E-state index contributed by atoms with van der Waals surface area (Å²) in [4.78, 5) is 0. The topological polar surface area (TPSA) is 33.0 Å². The van der Waals surface area contributed by atoms with Crippen molar-refractivity contribution in [2.75, 3.05) is 7.11 Å². The van der Waals surface area contributed by atoms with Gasteiger partial charge in [-0.2, -0.15) is 5.26 Å². The molecular formula is C18H19NO. The van der Waals surface area contributed by atoms with Crippen molar-refractivity contribution in [3.05, 3.63) is 65.7 Å². The normalized spacial score (nSPS) is 13.2. The average Bonchev–Trinajstić information content (AvgIpc) is 2.54. The van der Waals surface area contributed by atoms with Crippen LogP contribution < -0.4 is 4.74 Å². The summed E-state index contributed by atoms with van der Waals surface area (Å²) in [6.45, 7) is 2.06. The Bertz CT molecular complexity index is 600. The number of hydrogen-bond acceptors (Lipinski definition) is 2. The van der Waals surface area contributed by atoms with Crippen LogP contribution in [0.25, 0.3) is 0 Å². The molecule has 2 aromatic carbocycles. The molecule has 2 rings (SSSR count). The Morgan fingerprint density at radius 3 is 2.45 bits per heavy atom. The van der Waals surface area contributed by atoms with Gasteiger partial charge in [0.15, 0.2) is 0 Å². The van der Waals surface area contributed by atoms with E-state index in [-0.39, 0.29) is 0 Å². The molecule has 0 bridgehead atoms. The van der Waals surface area contributed by atoms with Gasteiger partial charge in [-0.1, -0.05) is 49.4 Å². The highest BCUT2D eigenvalue weighted by atomic mass is 16.5. The van der Waals surface area contributed by atoms with E-state index in [1.807, 2.05) is 42.5 Å². The van der Waals surface area contributed by atoms with Crippen LogP contribution in [0.3, 0.4) is 0 Å². The van der Waals surface area contributed by atoms with Gasteiger partial charge in [0.2, 0.25) is 0 Å². The molecule has 0 spiro atoms. The molecule has 0 saturated heterocycles. The van der Waals surface area contributed by atoms with Gasteiger partial charge in [-0.05, 0) is 36.1 Å². The lowest BCUT2D eigenvalue weighted by molar-refractivity contribution is 0.412. The maximum atomic E-state index is 9.76. The van der Waals surface area contributed by atoms with Gasteiger partial charge in [0.1, 0.15) is 5.75 Å². The van der Waals surface area contributed by atoms with Gasteiger partial charge >= 0.3 is 0 Å². The Morgan fingerprint density at radius 1 is 1.10 bits per heavy atom. The Hall–Kier alpha value is -2.27. The van der Waals surface area contributed by atoms with Crippen LogP contribution in [0.2, 0.25) is 0 Å². The van der Waals surface area contributed by atoms with Gasteiger partial charge in [0.25, 0.3) is 0 Å². The maximum absolute atomic E-state index is 9.76. The first-order valence-electron chi connectivity index (χ1n) is 6.84.